The molecule has 0 spiro atoms. The molecule has 1 N–H and O–H groups in total. The fraction of sp³-hybridized carbons (Fsp3) is 0.385. The Hall–Kier alpha value is -1.07. The molecule has 0 fully saturated rings. The fourth-order valence-electron chi connectivity index (χ4n) is 1.48. The van der Waals surface area contributed by atoms with Crippen molar-refractivity contribution in [3.8, 4) is 0 Å². The maximum absolute atomic E-state index is 12.2. The van der Waals surface area contributed by atoms with E-state index in [1.54, 1.807) is 25.2 Å². The number of likely N-dealkylation sites (N-methyl/N-ethyl adjacent to an activating group) is 1. The van der Waals surface area contributed by atoms with E-state index in [2.05, 4.69) is 21.2 Å². The summed E-state index contributed by atoms with van der Waals surface area (Å²) in [6, 6.07) is 4.93. The quantitative estimate of drug-likeness (QED) is 0.890. The molecule has 1 aromatic carbocycles. The van der Waals surface area contributed by atoms with Crippen molar-refractivity contribution in [3.05, 3.63) is 33.3 Å². The summed E-state index contributed by atoms with van der Waals surface area (Å²) in [6.07, 6.45) is 0.867. The van der Waals surface area contributed by atoms with Crippen LogP contribution < -0.4 is 5.32 Å². The van der Waals surface area contributed by atoms with Gasteiger partial charge in [0.15, 0.2) is 0 Å². The SMILES string of the molecule is CCCNC(=O)CN(C)C(=O)c1ccc(Cl)cc1Br. The first-order valence-electron chi connectivity index (χ1n) is 5.93. The van der Waals surface area contributed by atoms with Crippen LogP contribution >= 0.6 is 27.5 Å². The Morgan fingerprint density at radius 3 is 2.68 bits per heavy atom. The number of hydrogen-bond donors (Lipinski definition) is 1. The molecule has 0 saturated heterocycles. The number of nitrogens with one attached hydrogen (secondary N) is 1. The van der Waals surface area contributed by atoms with E-state index in [1.807, 2.05) is 6.92 Å². The lowest BCUT2D eigenvalue weighted by Crippen LogP contribution is -2.38. The Morgan fingerprint density at radius 2 is 2.11 bits per heavy atom. The van der Waals surface area contributed by atoms with E-state index in [1.165, 1.54) is 4.90 Å². The van der Waals surface area contributed by atoms with E-state index in [9.17, 15) is 9.59 Å². The molecule has 0 bridgehead atoms. The van der Waals surface area contributed by atoms with Gasteiger partial charge < -0.3 is 10.2 Å². The van der Waals surface area contributed by atoms with Crippen molar-refractivity contribution in [2.45, 2.75) is 13.3 Å². The number of nitrogens with zero attached hydrogens (tertiary/aromatic N) is 1. The van der Waals surface area contributed by atoms with Crippen LogP contribution in [0.1, 0.15) is 23.7 Å². The Balaban J connectivity index is 2.69. The van der Waals surface area contributed by atoms with Crippen molar-refractivity contribution in [1.82, 2.24) is 10.2 Å². The number of halogens is 2. The smallest absolute Gasteiger partial charge is 0.255 e. The van der Waals surface area contributed by atoms with Gasteiger partial charge in [0, 0.05) is 23.1 Å². The largest absolute Gasteiger partial charge is 0.355 e. The first-order chi connectivity index (χ1) is 8.95. The van der Waals surface area contributed by atoms with E-state index in [4.69, 9.17) is 11.6 Å². The van der Waals surface area contributed by atoms with Gasteiger partial charge in [0.2, 0.25) is 5.91 Å². The topological polar surface area (TPSA) is 49.4 Å². The first kappa shape index (κ1) is 16.0. The van der Waals surface area contributed by atoms with Gasteiger partial charge in [-0.15, -0.1) is 0 Å². The predicted molar refractivity (Wildman–Crippen MR) is 79.4 cm³/mol. The summed E-state index contributed by atoms with van der Waals surface area (Å²) in [5.74, 6) is -0.391. The van der Waals surface area contributed by atoms with Gasteiger partial charge in [0.25, 0.3) is 5.91 Å². The highest BCUT2D eigenvalue weighted by molar-refractivity contribution is 9.10. The van der Waals surface area contributed by atoms with Crippen molar-refractivity contribution in [3.63, 3.8) is 0 Å². The van der Waals surface area contributed by atoms with Crippen molar-refractivity contribution >= 4 is 39.3 Å². The van der Waals surface area contributed by atoms with Crippen LogP contribution in [0.2, 0.25) is 5.02 Å². The van der Waals surface area contributed by atoms with Gasteiger partial charge in [-0.25, -0.2) is 0 Å². The minimum atomic E-state index is -0.227. The lowest BCUT2D eigenvalue weighted by atomic mass is 10.2. The molecule has 1 rings (SSSR count). The van der Waals surface area contributed by atoms with Gasteiger partial charge in [-0.2, -0.15) is 0 Å². The Kier molecular flexibility index (Phi) is 6.31. The predicted octanol–water partition coefficient (Wildman–Crippen LogP) is 2.70. The molecule has 0 saturated carbocycles. The van der Waals surface area contributed by atoms with Crippen molar-refractivity contribution < 1.29 is 9.59 Å². The summed E-state index contributed by atoms with van der Waals surface area (Å²) in [5.41, 5.74) is 0.482. The molecule has 0 aliphatic heterocycles. The molecule has 104 valence electrons. The molecule has 0 radical (unpaired) electrons. The van der Waals surface area contributed by atoms with Gasteiger partial charge in [0.1, 0.15) is 0 Å². The highest BCUT2D eigenvalue weighted by atomic mass is 79.9. The standard InChI is InChI=1S/C13H16BrClN2O2/c1-3-6-16-12(18)8-17(2)13(19)10-5-4-9(15)7-11(10)14/h4-5,7H,3,6,8H2,1-2H3,(H,16,18). The molecule has 0 heterocycles. The number of amides is 2. The molecule has 6 heteroatoms. The van der Waals surface area contributed by atoms with Crippen LogP contribution in [0, 0.1) is 0 Å². The molecule has 0 atom stereocenters. The maximum atomic E-state index is 12.2. The van der Waals surface area contributed by atoms with Crippen molar-refractivity contribution in [2.75, 3.05) is 20.1 Å². The van der Waals surface area contributed by atoms with Gasteiger partial charge in [-0.1, -0.05) is 18.5 Å². The van der Waals surface area contributed by atoms with Crippen molar-refractivity contribution in [2.24, 2.45) is 0 Å². The Labute approximate surface area is 126 Å². The zero-order valence-electron chi connectivity index (χ0n) is 10.9. The van der Waals surface area contributed by atoms with E-state index in [0.717, 1.165) is 6.42 Å². The molecule has 19 heavy (non-hydrogen) atoms. The molecule has 0 aromatic heterocycles. The van der Waals surface area contributed by atoms with Crippen molar-refractivity contribution in [1.29, 1.82) is 0 Å². The van der Waals surface area contributed by atoms with Crippen LogP contribution in [0.5, 0.6) is 0 Å². The summed E-state index contributed by atoms with van der Waals surface area (Å²) < 4.78 is 0.616. The highest BCUT2D eigenvalue weighted by Crippen LogP contribution is 2.22. The summed E-state index contributed by atoms with van der Waals surface area (Å²) >= 11 is 9.12. The number of carbonyl (C=O) groups excluding carboxylic acids is 2. The third kappa shape index (κ3) is 4.84. The monoisotopic (exact) mass is 346 g/mol. The van der Waals surface area contributed by atoms with Crippen LogP contribution in [-0.4, -0.2) is 36.9 Å². The summed E-state index contributed by atoms with van der Waals surface area (Å²) in [4.78, 5) is 25.1. The Bertz CT molecular complexity index is 480. The lowest BCUT2D eigenvalue weighted by Gasteiger charge is -2.17. The van der Waals surface area contributed by atoms with Gasteiger partial charge in [-0.05, 0) is 40.5 Å². The maximum Gasteiger partial charge on any atom is 0.255 e. The Morgan fingerprint density at radius 1 is 1.42 bits per heavy atom. The average molecular weight is 348 g/mol. The van der Waals surface area contributed by atoms with Crippen LogP contribution in [-0.2, 0) is 4.79 Å². The van der Waals surface area contributed by atoms with Crippen LogP contribution in [0.3, 0.4) is 0 Å². The molecule has 0 aliphatic carbocycles. The number of benzene rings is 1. The van der Waals surface area contributed by atoms with E-state index >= 15 is 0 Å². The average Bonchev–Trinajstić information content (AvgIpc) is 2.35. The van der Waals surface area contributed by atoms with E-state index in [0.29, 0.717) is 21.6 Å². The molecule has 0 aliphatic rings. The second-order valence-corrected chi connectivity index (χ2v) is 5.43. The van der Waals surface area contributed by atoms with Gasteiger partial charge in [0.05, 0.1) is 12.1 Å². The molecule has 0 unspecified atom stereocenters. The summed E-state index contributed by atoms with van der Waals surface area (Å²) in [6.45, 7) is 2.62. The minimum Gasteiger partial charge on any atom is -0.355 e. The number of carbonyl (C=O) groups is 2. The molecule has 1 aromatic rings. The second-order valence-electron chi connectivity index (χ2n) is 4.14. The van der Waals surface area contributed by atoms with E-state index < -0.39 is 0 Å². The first-order valence-corrected chi connectivity index (χ1v) is 7.10. The zero-order chi connectivity index (χ0) is 14.4. The van der Waals surface area contributed by atoms with E-state index in [-0.39, 0.29) is 18.4 Å². The summed E-state index contributed by atoms with van der Waals surface area (Å²) in [5, 5.41) is 3.28. The highest BCUT2D eigenvalue weighted by Gasteiger charge is 2.17. The van der Waals surface area contributed by atoms with Crippen LogP contribution in [0.25, 0.3) is 0 Å². The summed E-state index contributed by atoms with van der Waals surface area (Å²) in [7, 11) is 1.59. The molecule has 2 amide bonds. The number of hydrogen-bond acceptors (Lipinski definition) is 2. The minimum absolute atomic E-state index is 0.0356. The molecular formula is C13H16BrClN2O2. The zero-order valence-corrected chi connectivity index (χ0v) is 13.2. The fourth-order valence-corrected chi connectivity index (χ4v) is 2.33. The van der Waals surface area contributed by atoms with Gasteiger partial charge in [-0.3, -0.25) is 9.59 Å². The third-order valence-electron chi connectivity index (χ3n) is 2.46. The second kappa shape index (κ2) is 7.50. The van der Waals surface area contributed by atoms with Crippen LogP contribution in [0.15, 0.2) is 22.7 Å². The van der Waals surface area contributed by atoms with Gasteiger partial charge >= 0.3 is 0 Å². The third-order valence-corrected chi connectivity index (χ3v) is 3.35. The molecular weight excluding hydrogens is 332 g/mol. The molecule has 4 nitrogen and oxygen atoms in total. The lowest BCUT2D eigenvalue weighted by molar-refractivity contribution is -0.121. The number of rotatable bonds is 5. The van der Waals surface area contributed by atoms with Crippen LogP contribution in [0.4, 0.5) is 0 Å². The normalized spacial score (nSPS) is 10.1.